The minimum Gasteiger partial charge on any atom is -0.494 e. The van der Waals surface area contributed by atoms with Gasteiger partial charge in [0.05, 0.1) is 18.8 Å². The van der Waals surface area contributed by atoms with Gasteiger partial charge in [0.2, 0.25) is 0 Å². The number of ether oxygens (including phenoxy) is 2. The Hall–Kier alpha value is -1.75. The van der Waals surface area contributed by atoms with E-state index in [1.54, 1.807) is 12.1 Å². The predicted molar refractivity (Wildman–Crippen MR) is 64.0 cm³/mol. The van der Waals surface area contributed by atoms with Gasteiger partial charge in [0.25, 0.3) is 0 Å². The van der Waals surface area contributed by atoms with Gasteiger partial charge in [-0.1, -0.05) is 0 Å². The number of benzene rings is 1. The smallest absolute Gasteiger partial charge is 0.338 e. The Kier molecular flexibility index (Phi) is 5.29. The number of hydrogen-bond donors (Lipinski definition) is 2. The summed E-state index contributed by atoms with van der Waals surface area (Å²) < 4.78 is 10.2. The second kappa shape index (κ2) is 6.75. The van der Waals surface area contributed by atoms with Crippen molar-refractivity contribution in [2.45, 2.75) is 13.3 Å². The second-order valence-electron chi connectivity index (χ2n) is 3.44. The lowest BCUT2D eigenvalue weighted by atomic mass is 10.2. The Morgan fingerprint density at radius 2 is 2.18 bits per heavy atom. The van der Waals surface area contributed by atoms with Gasteiger partial charge in [-0.05, 0) is 19.1 Å². The highest BCUT2D eigenvalue weighted by Gasteiger charge is 2.09. The topological polar surface area (TPSA) is 81.8 Å². The van der Waals surface area contributed by atoms with Crippen LogP contribution in [-0.2, 0) is 4.74 Å². The molecule has 5 nitrogen and oxygen atoms in total. The van der Waals surface area contributed by atoms with Crippen LogP contribution in [0.3, 0.4) is 0 Å². The second-order valence-corrected chi connectivity index (χ2v) is 3.44. The van der Waals surface area contributed by atoms with Crippen molar-refractivity contribution in [3.8, 4) is 5.75 Å². The van der Waals surface area contributed by atoms with E-state index in [4.69, 9.17) is 20.3 Å². The molecule has 0 aliphatic rings. The van der Waals surface area contributed by atoms with Crippen LogP contribution in [0, 0.1) is 0 Å². The van der Waals surface area contributed by atoms with E-state index in [2.05, 4.69) is 0 Å². The molecule has 1 aromatic rings. The Morgan fingerprint density at radius 3 is 2.82 bits per heavy atom. The molecule has 0 unspecified atom stereocenters. The quantitative estimate of drug-likeness (QED) is 0.443. The molecule has 94 valence electrons. The summed E-state index contributed by atoms with van der Waals surface area (Å²) in [5, 5.41) is 8.58. The number of esters is 1. The number of carbonyl (C=O) groups is 1. The average molecular weight is 239 g/mol. The summed E-state index contributed by atoms with van der Waals surface area (Å²) in [7, 11) is 0. The van der Waals surface area contributed by atoms with Gasteiger partial charge in [0.15, 0.2) is 0 Å². The predicted octanol–water partition coefficient (Wildman–Crippen LogP) is 1.21. The SMILES string of the molecule is CCOc1cc(N)cc(C(=O)OCCCO)c1. The summed E-state index contributed by atoms with van der Waals surface area (Å²) in [6.07, 6.45) is 0.423. The zero-order valence-electron chi connectivity index (χ0n) is 9.81. The van der Waals surface area contributed by atoms with E-state index in [0.29, 0.717) is 30.0 Å². The molecule has 0 fully saturated rings. The van der Waals surface area contributed by atoms with Crippen LogP contribution in [0.25, 0.3) is 0 Å². The molecule has 5 heteroatoms. The van der Waals surface area contributed by atoms with Crippen LogP contribution in [0.5, 0.6) is 5.75 Å². The zero-order chi connectivity index (χ0) is 12.7. The molecule has 0 saturated heterocycles. The number of nitrogens with two attached hydrogens (primary N) is 1. The van der Waals surface area contributed by atoms with E-state index >= 15 is 0 Å². The first kappa shape index (κ1) is 13.3. The summed E-state index contributed by atoms with van der Waals surface area (Å²) in [6, 6.07) is 4.76. The number of anilines is 1. The zero-order valence-corrected chi connectivity index (χ0v) is 9.81. The largest absolute Gasteiger partial charge is 0.494 e. The van der Waals surface area contributed by atoms with Crippen molar-refractivity contribution < 1.29 is 19.4 Å². The van der Waals surface area contributed by atoms with Crippen molar-refractivity contribution in [1.29, 1.82) is 0 Å². The van der Waals surface area contributed by atoms with Gasteiger partial charge < -0.3 is 20.3 Å². The van der Waals surface area contributed by atoms with Gasteiger partial charge in [-0.3, -0.25) is 0 Å². The number of nitrogen functional groups attached to an aromatic ring is 1. The van der Waals surface area contributed by atoms with Crippen LogP contribution in [0.4, 0.5) is 5.69 Å². The summed E-state index contributed by atoms with van der Waals surface area (Å²) in [6.45, 7) is 2.54. The first-order chi connectivity index (χ1) is 8.17. The van der Waals surface area contributed by atoms with Gasteiger partial charge in [0.1, 0.15) is 5.75 Å². The van der Waals surface area contributed by atoms with Crippen LogP contribution in [0.1, 0.15) is 23.7 Å². The number of hydrogen-bond acceptors (Lipinski definition) is 5. The fourth-order valence-electron chi connectivity index (χ4n) is 1.30. The van der Waals surface area contributed by atoms with Crippen LogP contribution in [0.15, 0.2) is 18.2 Å². The standard InChI is InChI=1S/C12H17NO4/c1-2-16-11-7-9(6-10(13)8-11)12(15)17-5-3-4-14/h6-8,14H,2-5,13H2,1H3. The molecule has 0 spiro atoms. The lowest BCUT2D eigenvalue weighted by Crippen LogP contribution is -2.08. The molecule has 0 atom stereocenters. The highest BCUT2D eigenvalue weighted by atomic mass is 16.5. The number of aliphatic hydroxyl groups excluding tert-OH is 1. The molecule has 0 bridgehead atoms. The lowest BCUT2D eigenvalue weighted by Gasteiger charge is -2.08. The van der Waals surface area contributed by atoms with Gasteiger partial charge >= 0.3 is 5.97 Å². The van der Waals surface area contributed by atoms with E-state index in [1.165, 1.54) is 6.07 Å². The van der Waals surface area contributed by atoms with Gasteiger partial charge in [-0.15, -0.1) is 0 Å². The van der Waals surface area contributed by atoms with Gasteiger partial charge in [-0.2, -0.15) is 0 Å². The van der Waals surface area contributed by atoms with Gasteiger partial charge in [-0.25, -0.2) is 4.79 Å². The van der Waals surface area contributed by atoms with Crippen molar-refractivity contribution in [3.05, 3.63) is 23.8 Å². The highest BCUT2D eigenvalue weighted by Crippen LogP contribution is 2.19. The Balaban J connectivity index is 2.71. The van der Waals surface area contributed by atoms with Crippen molar-refractivity contribution in [2.75, 3.05) is 25.6 Å². The average Bonchev–Trinajstić information content (AvgIpc) is 2.29. The van der Waals surface area contributed by atoms with E-state index in [0.717, 1.165) is 0 Å². The van der Waals surface area contributed by atoms with E-state index < -0.39 is 5.97 Å². The third kappa shape index (κ3) is 4.32. The summed E-state index contributed by atoms with van der Waals surface area (Å²) in [5.41, 5.74) is 6.46. The molecule has 0 aliphatic heterocycles. The van der Waals surface area contributed by atoms with Crippen LogP contribution < -0.4 is 10.5 Å². The molecule has 3 N–H and O–H groups in total. The van der Waals surface area contributed by atoms with Crippen molar-refractivity contribution in [3.63, 3.8) is 0 Å². The molecule has 0 radical (unpaired) electrons. The first-order valence-corrected chi connectivity index (χ1v) is 5.48. The molecular weight excluding hydrogens is 222 g/mol. The molecular formula is C12H17NO4. The maximum atomic E-state index is 11.6. The van der Waals surface area contributed by atoms with Crippen LogP contribution >= 0.6 is 0 Å². The Bertz CT molecular complexity index is 379. The van der Waals surface area contributed by atoms with Gasteiger partial charge in [0, 0.05) is 24.8 Å². The highest BCUT2D eigenvalue weighted by molar-refractivity contribution is 5.91. The third-order valence-corrected chi connectivity index (χ3v) is 2.01. The Morgan fingerprint density at radius 1 is 1.41 bits per heavy atom. The van der Waals surface area contributed by atoms with E-state index in [9.17, 15) is 4.79 Å². The first-order valence-electron chi connectivity index (χ1n) is 5.48. The number of rotatable bonds is 6. The monoisotopic (exact) mass is 239 g/mol. The summed E-state index contributed by atoms with van der Waals surface area (Å²) in [5.74, 6) is 0.0771. The molecule has 0 heterocycles. The normalized spacial score (nSPS) is 10.0. The van der Waals surface area contributed by atoms with Crippen LogP contribution in [0.2, 0.25) is 0 Å². The maximum absolute atomic E-state index is 11.6. The van der Waals surface area contributed by atoms with Crippen molar-refractivity contribution >= 4 is 11.7 Å². The fourth-order valence-corrected chi connectivity index (χ4v) is 1.30. The molecule has 0 amide bonds. The Labute approximate surface area is 100 Å². The third-order valence-electron chi connectivity index (χ3n) is 2.01. The number of carbonyl (C=O) groups excluding carboxylic acids is 1. The molecule has 1 rings (SSSR count). The molecule has 1 aromatic carbocycles. The minimum atomic E-state index is -0.466. The fraction of sp³-hybridized carbons (Fsp3) is 0.417. The summed E-state index contributed by atoms with van der Waals surface area (Å²) in [4.78, 5) is 11.6. The maximum Gasteiger partial charge on any atom is 0.338 e. The molecule has 0 aliphatic carbocycles. The summed E-state index contributed by atoms with van der Waals surface area (Å²) >= 11 is 0. The van der Waals surface area contributed by atoms with Crippen molar-refractivity contribution in [1.82, 2.24) is 0 Å². The molecule has 17 heavy (non-hydrogen) atoms. The lowest BCUT2D eigenvalue weighted by molar-refractivity contribution is 0.0481. The molecule has 0 aromatic heterocycles. The van der Waals surface area contributed by atoms with E-state index in [1.807, 2.05) is 6.92 Å². The minimum absolute atomic E-state index is 0.00555. The number of aliphatic hydroxyl groups is 1. The molecule has 0 saturated carbocycles. The van der Waals surface area contributed by atoms with Crippen LogP contribution in [-0.4, -0.2) is 30.9 Å². The van der Waals surface area contributed by atoms with E-state index in [-0.39, 0.29) is 13.2 Å². The van der Waals surface area contributed by atoms with Crippen molar-refractivity contribution in [2.24, 2.45) is 0 Å².